The van der Waals surface area contributed by atoms with Gasteiger partial charge in [-0.05, 0) is 206 Å². The van der Waals surface area contributed by atoms with Crippen LogP contribution in [0.3, 0.4) is 0 Å². The molecule has 0 aromatic heterocycles. The standard InChI is InChI=1S/C24H35NSi.C23H33NSi.C20H26BrNSi.C19H24BrNSi.C18H21N.C17H18BrN/c1-16-18-10-8-9-11-19(18)23-22(16)20-14-17(24(2,3)4)12-13-21(20)25(23)15-26(5,6)7;1-15-17-10-8-9-11-18(17)22-21(15)19-14-16(23(2,3)4)12-13-20(19)24(22)25(5,6)7;1-13-15-7-5-6-8-16(15)20-19(13)17-11-14(21)9-10-18(17)22(20)12-23(2,3)4;1-12-14-7-5-6-8-15(14)19-18(12)16-11-13(20)9-10-17(16)21(19)22(2,3)4;1-3-19-16-11-7-6-10-15(16)17-12(2)13-8-4-5-9-14(13)18(17)19;1-10-12-5-3-4-6-13(12)17-16(10)14-9-11(18)7-8-15(14)19(17)2/h8-14,16,18-19,22-23H,15H2,1-7H3;8-15,17-18,21-22H,1-7H3;5-11,13,15-16,19-20H,12H2,1-4H3;5-12,14-15,18-19H,1-4H3;4-14,17-18H,3H2,1-2H3;3-10,12-13,16-17H,1-2H3. The number of hydrogen-bond donors (Lipinski definition) is 0. The van der Waals surface area contributed by atoms with Gasteiger partial charge in [0.05, 0.1) is 16.1 Å². The predicted octanol–water partition coefficient (Wildman–Crippen LogP) is 31.8. The summed E-state index contributed by atoms with van der Waals surface area (Å²) in [5.74, 6) is 16.6. The first-order valence-corrected chi connectivity index (χ1v) is 68.6. The number of anilines is 6. The highest BCUT2D eigenvalue weighted by Crippen LogP contribution is 2.66. The Morgan fingerprint density at radius 3 is 0.858 bits per heavy atom. The third-order valence-electron chi connectivity index (χ3n) is 35.8. The Kier molecular flexibility index (Phi) is 25.9. The van der Waals surface area contributed by atoms with Crippen LogP contribution in [-0.2, 0) is 10.8 Å². The lowest BCUT2D eigenvalue weighted by Crippen LogP contribution is -2.52. The number of nitrogens with zero attached hydrogens (tertiary/aromatic N) is 6. The molecule has 0 bridgehead atoms. The molecule has 30 unspecified atom stereocenters. The first kappa shape index (κ1) is 96.2. The zero-order valence-corrected chi connectivity index (χ0v) is 94.3. The van der Waals surface area contributed by atoms with Crippen LogP contribution in [0.4, 0.5) is 34.1 Å². The van der Waals surface area contributed by atoms with Gasteiger partial charge >= 0.3 is 0 Å². The van der Waals surface area contributed by atoms with Crippen molar-refractivity contribution in [3.8, 4) is 0 Å². The van der Waals surface area contributed by atoms with Gasteiger partial charge in [-0.25, -0.2) is 0 Å². The molecule has 0 amide bonds. The summed E-state index contributed by atoms with van der Waals surface area (Å²) in [6.45, 7) is 62.2. The molecule has 18 aliphatic rings. The number of rotatable bonds is 7. The van der Waals surface area contributed by atoms with E-state index in [-0.39, 0.29) is 10.8 Å². The molecule has 0 saturated heterocycles. The predicted molar refractivity (Wildman–Crippen MR) is 599 cm³/mol. The molecule has 12 aliphatic carbocycles. The molecule has 6 heterocycles. The first-order chi connectivity index (χ1) is 63.4. The van der Waals surface area contributed by atoms with Crippen LogP contribution in [0.2, 0.25) is 78.6 Å². The minimum Gasteiger partial charge on any atom is -0.394 e. The lowest BCUT2D eigenvalue weighted by Gasteiger charge is -2.41. The van der Waals surface area contributed by atoms with E-state index in [1.807, 2.05) is 0 Å². The Bertz CT molecular complexity index is 5840. The van der Waals surface area contributed by atoms with Gasteiger partial charge in [0.2, 0.25) is 0 Å². The molecule has 6 aromatic rings. The topological polar surface area (TPSA) is 19.4 Å². The number of para-hydroxylation sites is 1. The normalized spacial score (nSPS) is 35.1. The van der Waals surface area contributed by atoms with Crippen LogP contribution in [0.5, 0.6) is 0 Å². The summed E-state index contributed by atoms with van der Waals surface area (Å²) in [4.78, 5) is 10.8. The Balaban J connectivity index is 0.000000104. The average Bonchev–Trinajstić information content (AvgIpc) is 1.55. The lowest BCUT2D eigenvalue weighted by molar-refractivity contribution is 0.428. The molecular weight excluding hydrogens is 1890 g/mol. The number of likely N-dealkylation sites (N-methyl/N-ethyl adjacent to an activating group) is 2. The molecule has 0 radical (unpaired) electrons. The molecular formula is C121H157Br3N6Si4. The molecule has 6 aromatic carbocycles. The summed E-state index contributed by atoms with van der Waals surface area (Å²) in [5, 5.41) is 0. The zero-order valence-electron chi connectivity index (χ0n) is 85.6. The van der Waals surface area contributed by atoms with E-state index in [2.05, 4.69) is 513 Å². The van der Waals surface area contributed by atoms with Crippen molar-refractivity contribution in [1.82, 2.24) is 0 Å². The first-order valence-electron chi connectivity index (χ1n) is 51.9. The Morgan fingerprint density at radius 1 is 0.269 bits per heavy atom. The molecule has 0 spiro atoms. The third kappa shape index (κ3) is 16.8. The summed E-state index contributed by atoms with van der Waals surface area (Å²) in [6.07, 6.45) is 59.1. The maximum absolute atomic E-state index is 3.70. The van der Waals surface area contributed by atoms with Crippen LogP contribution in [0, 0.1) is 107 Å². The van der Waals surface area contributed by atoms with Crippen LogP contribution < -0.4 is 28.7 Å². The highest BCUT2D eigenvalue weighted by atomic mass is 79.9. The van der Waals surface area contributed by atoms with Crippen molar-refractivity contribution in [3.63, 3.8) is 0 Å². The Hall–Kier alpha value is -6.69. The molecule has 6 fully saturated rings. The maximum Gasteiger partial charge on any atom is 0.147 e. The van der Waals surface area contributed by atoms with Gasteiger partial charge in [0.1, 0.15) is 16.5 Å². The van der Waals surface area contributed by atoms with Gasteiger partial charge in [0.15, 0.2) is 0 Å². The monoisotopic (exact) mass is 2040 g/mol. The highest BCUT2D eigenvalue weighted by Gasteiger charge is 2.62. The third-order valence-corrected chi connectivity index (χ3v) is 43.8. The van der Waals surface area contributed by atoms with Crippen molar-refractivity contribution in [2.24, 2.45) is 107 Å². The van der Waals surface area contributed by atoms with Crippen LogP contribution in [-0.4, -0.2) is 94.8 Å². The van der Waals surface area contributed by atoms with Crippen molar-refractivity contribution in [3.05, 3.63) is 319 Å². The van der Waals surface area contributed by atoms with Crippen molar-refractivity contribution < 1.29 is 0 Å². The molecule has 134 heavy (non-hydrogen) atoms. The lowest BCUT2D eigenvalue weighted by atomic mass is 9.81. The van der Waals surface area contributed by atoms with Crippen LogP contribution in [0.25, 0.3) is 0 Å². The van der Waals surface area contributed by atoms with Crippen molar-refractivity contribution in [2.75, 3.05) is 54.7 Å². The molecule has 6 saturated carbocycles. The van der Waals surface area contributed by atoms with E-state index in [4.69, 9.17) is 0 Å². The number of hydrogen-bond acceptors (Lipinski definition) is 6. The van der Waals surface area contributed by atoms with Gasteiger partial charge < -0.3 is 28.7 Å². The second-order valence-electron chi connectivity index (χ2n) is 50.4. The van der Waals surface area contributed by atoms with E-state index in [1.165, 1.54) is 76.6 Å². The average molecular weight is 2050 g/mol. The number of halogens is 3. The fraction of sp³-hybridized carbons (Fsp3) is 0.504. The highest BCUT2D eigenvalue weighted by molar-refractivity contribution is 9.11. The summed E-state index contributed by atoms with van der Waals surface area (Å²) in [6, 6.07) is 48.3. The van der Waals surface area contributed by atoms with Crippen molar-refractivity contribution in [2.45, 2.75) is 251 Å². The largest absolute Gasteiger partial charge is 0.394 e. The van der Waals surface area contributed by atoms with Gasteiger partial charge in [-0.1, -0.05) is 398 Å². The van der Waals surface area contributed by atoms with E-state index in [1.54, 1.807) is 27.8 Å². The maximum atomic E-state index is 3.70. The van der Waals surface area contributed by atoms with Gasteiger partial charge in [0.25, 0.3) is 0 Å². The van der Waals surface area contributed by atoms with E-state index >= 15 is 0 Å². The summed E-state index contributed by atoms with van der Waals surface area (Å²) < 4.78 is 9.36. The smallest absolute Gasteiger partial charge is 0.147 e. The van der Waals surface area contributed by atoms with Crippen LogP contribution in [0.15, 0.2) is 275 Å². The Morgan fingerprint density at radius 2 is 0.515 bits per heavy atom. The fourth-order valence-corrected chi connectivity index (χ4v) is 38.8. The molecule has 6 nitrogen and oxygen atoms in total. The second-order valence-corrected chi connectivity index (χ2v) is 73.6. The molecule has 13 heteroatoms. The Labute approximate surface area is 838 Å². The minimum absolute atomic E-state index is 0.213. The second kappa shape index (κ2) is 36.1. The molecule has 0 N–H and O–H groups in total. The van der Waals surface area contributed by atoms with Gasteiger partial charge in [-0.15, -0.1) is 0 Å². The molecule has 30 atom stereocenters. The van der Waals surface area contributed by atoms with Gasteiger partial charge in [-0.3, -0.25) is 0 Å². The number of benzene rings is 6. The molecule has 708 valence electrons. The summed E-state index contributed by atoms with van der Waals surface area (Å²) in [5.41, 5.74) is 21.9. The van der Waals surface area contributed by atoms with E-state index in [0.29, 0.717) is 166 Å². The van der Waals surface area contributed by atoms with Gasteiger partial charge in [0, 0.05) is 181 Å². The van der Waals surface area contributed by atoms with Crippen molar-refractivity contribution in [1.29, 1.82) is 0 Å². The SMILES string of the molecule is CC1C2C=CC=CC2C2C1c1cc(Br)ccc1N2C.CC1C2C=CC=CC2C2C1c1cc(Br)ccc1N2C[Si](C)(C)C.CC1C2C=CC=CC2C2C1c1cc(Br)ccc1N2[Si](C)(C)C.CC1C2C=CC=CC2C2C1c1cc(C(C)(C)C)ccc1N2C[Si](C)(C)C.CC1C2C=CC=CC2C2C1c1cc(C(C)(C)C)ccc1N2[Si](C)(C)C.CCN1c2ccccc2C2C(C)C3C=CC=CC3C21. The molecule has 6 aliphatic heterocycles. The zero-order chi connectivity index (χ0) is 95.1. The van der Waals surface area contributed by atoms with Crippen molar-refractivity contribution >= 4 is 115 Å². The number of fused-ring (bicyclic) bond motifs is 30. The van der Waals surface area contributed by atoms with E-state index < -0.39 is 32.6 Å². The number of allylic oxidation sites excluding steroid dienone is 18. The fourth-order valence-electron chi connectivity index (χ4n) is 30.6. The van der Waals surface area contributed by atoms with E-state index in [0.717, 1.165) is 18.4 Å². The quantitative estimate of drug-likeness (QED) is 0.147. The summed E-state index contributed by atoms with van der Waals surface area (Å²) >= 11 is 11.0. The van der Waals surface area contributed by atoms with Crippen LogP contribution in [0.1, 0.15) is 170 Å². The van der Waals surface area contributed by atoms with Crippen LogP contribution >= 0.6 is 47.8 Å². The van der Waals surface area contributed by atoms with E-state index in [9.17, 15) is 0 Å². The molecule has 24 rings (SSSR count). The summed E-state index contributed by atoms with van der Waals surface area (Å²) in [7, 11) is -2.98. The van der Waals surface area contributed by atoms with Gasteiger partial charge in [-0.2, -0.15) is 0 Å². The minimum atomic E-state index is -1.46.